The quantitative estimate of drug-likeness (QED) is 0.560. The average molecular weight is 269 g/mol. The molecule has 108 valence electrons. The zero-order chi connectivity index (χ0) is 13.8. The Morgan fingerprint density at radius 1 is 0.789 bits per heavy atom. The molecule has 2 heterocycles. The third-order valence-electron chi connectivity index (χ3n) is 3.75. The highest BCUT2D eigenvalue weighted by molar-refractivity contribution is 6.34. The topological polar surface area (TPSA) is 59.1 Å². The lowest BCUT2D eigenvalue weighted by atomic mass is 10.3. The maximum Gasteiger partial charge on any atom is 0.323 e. The van der Waals surface area contributed by atoms with Crippen LogP contribution in [0.3, 0.4) is 0 Å². The Hall–Kier alpha value is -1.18. The number of nitrogens with one attached hydrogen (secondary N) is 1. The van der Waals surface area contributed by atoms with Crippen molar-refractivity contribution in [3.05, 3.63) is 0 Å². The summed E-state index contributed by atoms with van der Waals surface area (Å²) in [5.74, 6) is -0.916. The number of hydrazine groups is 1. The van der Waals surface area contributed by atoms with Crippen LogP contribution in [0.1, 0.15) is 0 Å². The fourth-order valence-corrected chi connectivity index (χ4v) is 2.26. The Balaban J connectivity index is 1.77. The number of hydrogen-bond acceptors (Lipinski definition) is 5. The van der Waals surface area contributed by atoms with Crippen molar-refractivity contribution >= 4 is 11.8 Å². The Morgan fingerprint density at radius 2 is 1.26 bits per heavy atom. The van der Waals surface area contributed by atoms with Crippen LogP contribution in [0, 0.1) is 0 Å². The summed E-state index contributed by atoms with van der Waals surface area (Å²) < 4.78 is 0. The van der Waals surface area contributed by atoms with Crippen LogP contribution in [0.25, 0.3) is 0 Å². The van der Waals surface area contributed by atoms with E-state index in [1.807, 2.05) is 12.1 Å². The maximum atomic E-state index is 12.0. The van der Waals surface area contributed by atoms with Crippen LogP contribution in [0.15, 0.2) is 0 Å². The molecule has 2 fully saturated rings. The van der Waals surface area contributed by atoms with Gasteiger partial charge in [-0.15, -0.1) is 0 Å². The van der Waals surface area contributed by atoms with E-state index in [0.717, 1.165) is 39.3 Å². The zero-order valence-corrected chi connectivity index (χ0v) is 11.8. The fraction of sp³-hybridized carbons (Fsp3) is 0.833. The first kappa shape index (κ1) is 14.2. The van der Waals surface area contributed by atoms with Gasteiger partial charge in [-0.25, -0.2) is 5.01 Å². The molecule has 0 spiro atoms. The molecule has 2 saturated heterocycles. The van der Waals surface area contributed by atoms with Crippen molar-refractivity contribution in [2.45, 2.75) is 0 Å². The molecule has 0 radical (unpaired) electrons. The van der Waals surface area contributed by atoms with Crippen molar-refractivity contribution in [3.8, 4) is 0 Å². The molecule has 7 nitrogen and oxygen atoms in total. The minimum atomic E-state index is -0.505. The summed E-state index contributed by atoms with van der Waals surface area (Å²) in [5.41, 5.74) is 2.71. The summed E-state index contributed by atoms with van der Waals surface area (Å²) in [6, 6.07) is 0. The van der Waals surface area contributed by atoms with E-state index in [2.05, 4.69) is 22.3 Å². The maximum absolute atomic E-state index is 12.0. The first-order valence-electron chi connectivity index (χ1n) is 6.78. The molecule has 0 bridgehead atoms. The van der Waals surface area contributed by atoms with E-state index in [-0.39, 0.29) is 0 Å². The fourth-order valence-electron chi connectivity index (χ4n) is 2.26. The Kier molecular flexibility index (Phi) is 4.73. The van der Waals surface area contributed by atoms with E-state index >= 15 is 0 Å². The summed E-state index contributed by atoms with van der Waals surface area (Å²) >= 11 is 0. The third kappa shape index (κ3) is 3.89. The summed E-state index contributed by atoms with van der Waals surface area (Å²) in [6.07, 6.45) is 0. The lowest BCUT2D eigenvalue weighted by Crippen LogP contribution is -2.57. The smallest absolute Gasteiger partial charge is 0.323 e. The van der Waals surface area contributed by atoms with E-state index in [9.17, 15) is 9.59 Å². The normalized spacial score (nSPS) is 23.4. The van der Waals surface area contributed by atoms with E-state index in [0.29, 0.717) is 13.1 Å². The molecule has 2 rings (SSSR count). The van der Waals surface area contributed by atoms with Gasteiger partial charge in [0.2, 0.25) is 0 Å². The number of amides is 2. The van der Waals surface area contributed by atoms with Gasteiger partial charge < -0.3 is 14.7 Å². The molecule has 2 aliphatic heterocycles. The van der Waals surface area contributed by atoms with Gasteiger partial charge in [0.15, 0.2) is 0 Å². The number of piperazine rings is 2. The van der Waals surface area contributed by atoms with Gasteiger partial charge in [-0.1, -0.05) is 0 Å². The van der Waals surface area contributed by atoms with Crippen molar-refractivity contribution in [3.63, 3.8) is 0 Å². The van der Waals surface area contributed by atoms with Crippen molar-refractivity contribution in [1.82, 2.24) is 25.1 Å². The van der Waals surface area contributed by atoms with Crippen molar-refractivity contribution in [2.24, 2.45) is 0 Å². The lowest BCUT2D eigenvalue weighted by Gasteiger charge is -2.34. The molecular formula is C12H23N5O2. The monoisotopic (exact) mass is 269 g/mol. The van der Waals surface area contributed by atoms with Crippen LogP contribution in [-0.4, -0.2) is 98.0 Å². The molecule has 0 aromatic rings. The molecule has 2 amide bonds. The predicted octanol–water partition coefficient (Wildman–Crippen LogP) is -1.96. The molecule has 0 saturated carbocycles. The van der Waals surface area contributed by atoms with Crippen molar-refractivity contribution in [2.75, 3.05) is 66.5 Å². The minimum absolute atomic E-state index is 0.410. The van der Waals surface area contributed by atoms with Crippen LogP contribution < -0.4 is 5.43 Å². The largest absolute Gasteiger partial charge is 0.332 e. The summed E-state index contributed by atoms with van der Waals surface area (Å²) in [7, 11) is 4.07. The second-order valence-corrected chi connectivity index (χ2v) is 5.33. The molecule has 0 aromatic heterocycles. The van der Waals surface area contributed by atoms with Crippen LogP contribution in [0.5, 0.6) is 0 Å². The van der Waals surface area contributed by atoms with E-state index in [1.165, 1.54) is 0 Å². The van der Waals surface area contributed by atoms with E-state index < -0.39 is 11.8 Å². The molecule has 0 aliphatic carbocycles. The highest BCUT2D eigenvalue weighted by Gasteiger charge is 2.26. The second-order valence-electron chi connectivity index (χ2n) is 5.33. The molecule has 19 heavy (non-hydrogen) atoms. The van der Waals surface area contributed by atoms with Crippen LogP contribution in [-0.2, 0) is 9.59 Å². The molecular weight excluding hydrogens is 246 g/mol. The summed E-state index contributed by atoms with van der Waals surface area (Å²) in [6.45, 7) is 6.25. The van der Waals surface area contributed by atoms with Gasteiger partial charge in [0.25, 0.3) is 0 Å². The molecule has 7 heteroatoms. The predicted molar refractivity (Wildman–Crippen MR) is 71.3 cm³/mol. The number of carbonyl (C=O) groups is 2. The average Bonchev–Trinajstić information content (AvgIpc) is 2.41. The molecule has 2 aliphatic rings. The van der Waals surface area contributed by atoms with Gasteiger partial charge >= 0.3 is 11.8 Å². The third-order valence-corrected chi connectivity index (χ3v) is 3.75. The first-order chi connectivity index (χ1) is 9.06. The Morgan fingerprint density at radius 3 is 1.79 bits per heavy atom. The Labute approximate surface area is 114 Å². The number of nitrogens with zero attached hydrogens (tertiary/aromatic N) is 4. The van der Waals surface area contributed by atoms with E-state index in [1.54, 1.807) is 4.90 Å². The standard InChI is InChI=1S/C12H23N5O2/c1-14-3-7-16(8-4-14)12(19)11(18)13-17-9-5-15(2)6-10-17/h3-10H2,1-2H3,(H,13,18). The van der Waals surface area contributed by atoms with Gasteiger partial charge in [-0.05, 0) is 14.1 Å². The van der Waals surface area contributed by atoms with Gasteiger partial charge in [0.05, 0.1) is 0 Å². The van der Waals surface area contributed by atoms with Gasteiger partial charge in [-0.2, -0.15) is 0 Å². The zero-order valence-electron chi connectivity index (χ0n) is 11.8. The second kappa shape index (κ2) is 6.31. The molecule has 0 unspecified atom stereocenters. The summed E-state index contributed by atoms with van der Waals surface area (Å²) in [4.78, 5) is 29.9. The molecule has 0 atom stereocenters. The number of rotatable bonds is 1. The van der Waals surface area contributed by atoms with Gasteiger partial charge in [0, 0.05) is 52.4 Å². The first-order valence-corrected chi connectivity index (χ1v) is 6.78. The number of hydrogen-bond donors (Lipinski definition) is 1. The van der Waals surface area contributed by atoms with Gasteiger partial charge in [-0.3, -0.25) is 15.0 Å². The minimum Gasteiger partial charge on any atom is -0.332 e. The van der Waals surface area contributed by atoms with Crippen molar-refractivity contribution in [1.29, 1.82) is 0 Å². The lowest BCUT2D eigenvalue weighted by molar-refractivity contribution is -0.149. The highest BCUT2D eigenvalue weighted by atomic mass is 16.2. The molecule has 1 N–H and O–H groups in total. The number of likely N-dealkylation sites (N-methyl/N-ethyl adjacent to an activating group) is 2. The van der Waals surface area contributed by atoms with Crippen LogP contribution in [0.4, 0.5) is 0 Å². The SMILES string of the molecule is CN1CCN(NC(=O)C(=O)N2CCN(C)CC2)CC1. The summed E-state index contributed by atoms with van der Waals surface area (Å²) in [5, 5.41) is 1.83. The van der Waals surface area contributed by atoms with Crippen molar-refractivity contribution < 1.29 is 9.59 Å². The number of carbonyl (C=O) groups excluding carboxylic acids is 2. The van der Waals surface area contributed by atoms with Crippen LogP contribution in [0.2, 0.25) is 0 Å². The Bertz CT molecular complexity index is 333. The highest BCUT2D eigenvalue weighted by Crippen LogP contribution is 2.01. The molecule has 0 aromatic carbocycles. The van der Waals surface area contributed by atoms with E-state index in [4.69, 9.17) is 0 Å². The van der Waals surface area contributed by atoms with Gasteiger partial charge in [0.1, 0.15) is 0 Å². The van der Waals surface area contributed by atoms with Crippen LogP contribution >= 0.6 is 0 Å².